The minimum Gasteiger partial charge on any atom is -0.467 e. The van der Waals surface area contributed by atoms with Crippen LogP contribution in [0.15, 0.2) is 22.8 Å². The Kier molecular flexibility index (Phi) is 5.88. The second-order valence-electron chi connectivity index (χ2n) is 5.29. The molecular formula is C15H18N4O6. The first-order chi connectivity index (χ1) is 11.9. The first kappa shape index (κ1) is 18.2. The molecular weight excluding hydrogens is 332 g/mol. The second-order valence-corrected chi connectivity index (χ2v) is 5.29. The summed E-state index contributed by atoms with van der Waals surface area (Å²) < 4.78 is 5.01. The lowest BCUT2D eigenvalue weighted by atomic mass is 10.3. The SMILES string of the molecule is CCCCN1C(=O)C(=O)N(CC(=O)NC(=O)NCc2ccco2)C1=O. The van der Waals surface area contributed by atoms with E-state index >= 15 is 0 Å². The molecule has 1 aliphatic rings. The molecule has 7 amide bonds. The molecule has 1 fully saturated rings. The van der Waals surface area contributed by atoms with Crippen LogP contribution in [0, 0.1) is 0 Å². The van der Waals surface area contributed by atoms with Crippen molar-refractivity contribution in [1.82, 2.24) is 20.4 Å². The summed E-state index contributed by atoms with van der Waals surface area (Å²) in [5.74, 6) is -2.44. The van der Waals surface area contributed by atoms with Gasteiger partial charge in [0.1, 0.15) is 12.3 Å². The molecule has 10 heteroatoms. The number of nitrogens with one attached hydrogen (secondary N) is 2. The number of hydrogen-bond donors (Lipinski definition) is 2. The largest absolute Gasteiger partial charge is 0.467 e. The van der Waals surface area contributed by atoms with Crippen LogP contribution >= 0.6 is 0 Å². The van der Waals surface area contributed by atoms with E-state index in [0.29, 0.717) is 17.1 Å². The monoisotopic (exact) mass is 350 g/mol. The van der Waals surface area contributed by atoms with Gasteiger partial charge in [-0.3, -0.25) is 24.6 Å². The van der Waals surface area contributed by atoms with Gasteiger partial charge in [-0.2, -0.15) is 0 Å². The smallest absolute Gasteiger partial charge is 0.334 e. The van der Waals surface area contributed by atoms with E-state index in [1.807, 2.05) is 12.2 Å². The Hall–Kier alpha value is -3.17. The maximum absolute atomic E-state index is 12.1. The minimum absolute atomic E-state index is 0.0664. The molecule has 1 aromatic heterocycles. The summed E-state index contributed by atoms with van der Waals surface area (Å²) in [6.45, 7) is 1.35. The highest BCUT2D eigenvalue weighted by molar-refractivity contribution is 6.45. The highest BCUT2D eigenvalue weighted by atomic mass is 16.3. The van der Waals surface area contributed by atoms with Gasteiger partial charge in [0, 0.05) is 6.54 Å². The van der Waals surface area contributed by atoms with Gasteiger partial charge in [0.15, 0.2) is 0 Å². The van der Waals surface area contributed by atoms with Crippen molar-refractivity contribution in [1.29, 1.82) is 0 Å². The fraction of sp³-hybridized carbons (Fsp3) is 0.400. The van der Waals surface area contributed by atoms with Crippen molar-refractivity contribution in [2.75, 3.05) is 13.1 Å². The van der Waals surface area contributed by atoms with Crippen LogP contribution in [-0.2, 0) is 20.9 Å². The molecule has 2 heterocycles. The molecule has 2 rings (SSSR count). The fourth-order valence-corrected chi connectivity index (χ4v) is 2.14. The van der Waals surface area contributed by atoms with Crippen LogP contribution in [0.3, 0.4) is 0 Å². The van der Waals surface area contributed by atoms with Crippen LogP contribution in [0.25, 0.3) is 0 Å². The molecule has 1 aliphatic heterocycles. The van der Waals surface area contributed by atoms with E-state index in [9.17, 15) is 24.0 Å². The Labute approximate surface area is 143 Å². The van der Waals surface area contributed by atoms with Gasteiger partial charge in [-0.1, -0.05) is 13.3 Å². The molecule has 2 N–H and O–H groups in total. The summed E-state index contributed by atoms with van der Waals surface area (Å²) >= 11 is 0. The lowest BCUT2D eigenvalue weighted by Gasteiger charge is -2.14. The number of unbranched alkanes of at least 4 members (excludes halogenated alkanes) is 1. The summed E-state index contributed by atoms with van der Waals surface area (Å²) in [6.07, 6.45) is 2.73. The molecule has 0 bridgehead atoms. The first-order valence-electron chi connectivity index (χ1n) is 7.71. The summed E-state index contributed by atoms with van der Waals surface area (Å²) in [7, 11) is 0. The third-order valence-electron chi connectivity index (χ3n) is 3.43. The average Bonchev–Trinajstić information content (AvgIpc) is 3.16. The molecule has 0 saturated carbocycles. The van der Waals surface area contributed by atoms with Crippen LogP contribution in [0.1, 0.15) is 25.5 Å². The van der Waals surface area contributed by atoms with E-state index in [4.69, 9.17) is 4.42 Å². The Morgan fingerprint density at radius 3 is 2.52 bits per heavy atom. The topological polar surface area (TPSA) is 129 Å². The number of nitrogens with zero attached hydrogens (tertiary/aromatic N) is 2. The van der Waals surface area contributed by atoms with Gasteiger partial charge >= 0.3 is 23.9 Å². The van der Waals surface area contributed by atoms with Crippen molar-refractivity contribution in [2.24, 2.45) is 0 Å². The summed E-state index contributed by atoms with van der Waals surface area (Å²) in [4.78, 5) is 60.4. The zero-order valence-corrected chi connectivity index (χ0v) is 13.6. The molecule has 0 aromatic carbocycles. The van der Waals surface area contributed by atoms with E-state index in [-0.39, 0.29) is 13.1 Å². The van der Waals surface area contributed by atoms with Gasteiger partial charge in [0.25, 0.3) is 0 Å². The number of rotatable bonds is 7. The summed E-state index contributed by atoms with van der Waals surface area (Å²) in [5, 5.41) is 4.36. The van der Waals surface area contributed by atoms with Gasteiger partial charge in [-0.15, -0.1) is 0 Å². The zero-order chi connectivity index (χ0) is 18.4. The number of hydrogen-bond acceptors (Lipinski definition) is 6. The lowest BCUT2D eigenvalue weighted by molar-refractivity contribution is -0.143. The average molecular weight is 350 g/mol. The number of imide groups is 3. The molecule has 0 atom stereocenters. The fourth-order valence-electron chi connectivity index (χ4n) is 2.14. The Balaban J connectivity index is 1.84. The van der Waals surface area contributed by atoms with Gasteiger partial charge < -0.3 is 9.73 Å². The van der Waals surface area contributed by atoms with Crippen LogP contribution < -0.4 is 10.6 Å². The lowest BCUT2D eigenvalue weighted by Crippen LogP contribution is -2.46. The van der Waals surface area contributed by atoms with Crippen LogP contribution in [0.4, 0.5) is 9.59 Å². The molecule has 0 spiro atoms. The maximum Gasteiger partial charge on any atom is 0.334 e. The van der Waals surface area contributed by atoms with Crippen molar-refractivity contribution in [2.45, 2.75) is 26.3 Å². The van der Waals surface area contributed by atoms with Crippen molar-refractivity contribution in [3.8, 4) is 0 Å². The van der Waals surface area contributed by atoms with E-state index in [0.717, 1.165) is 11.3 Å². The minimum atomic E-state index is -1.08. The molecule has 0 unspecified atom stereocenters. The van der Waals surface area contributed by atoms with E-state index < -0.39 is 36.3 Å². The summed E-state index contributed by atoms with van der Waals surface area (Å²) in [5.41, 5.74) is 0. The highest BCUT2D eigenvalue weighted by Gasteiger charge is 2.44. The highest BCUT2D eigenvalue weighted by Crippen LogP contribution is 2.12. The molecule has 10 nitrogen and oxygen atoms in total. The third kappa shape index (κ3) is 4.43. The van der Waals surface area contributed by atoms with Crippen LogP contribution in [0.5, 0.6) is 0 Å². The van der Waals surface area contributed by atoms with Crippen molar-refractivity contribution in [3.63, 3.8) is 0 Å². The normalized spacial score (nSPS) is 14.2. The van der Waals surface area contributed by atoms with Crippen LogP contribution in [0.2, 0.25) is 0 Å². The third-order valence-corrected chi connectivity index (χ3v) is 3.43. The predicted octanol–water partition coefficient (Wildman–Crippen LogP) is 0.196. The Morgan fingerprint density at radius 1 is 1.16 bits per heavy atom. The summed E-state index contributed by atoms with van der Waals surface area (Å²) in [6, 6.07) is 1.62. The zero-order valence-electron chi connectivity index (χ0n) is 13.6. The van der Waals surface area contributed by atoms with Crippen molar-refractivity contribution < 1.29 is 28.4 Å². The quantitative estimate of drug-likeness (QED) is 0.534. The molecule has 134 valence electrons. The predicted molar refractivity (Wildman–Crippen MR) is 82.8 cm³/mol. The number of carbonyl (C=O) groups excluding carboxylic acids is 5. The molecule has 1 aromatic rings. The van der Waals surface area contributed by atoms with Crippen molar-refractivity contribution in [3.05, 3.63) is 24.2 Å². The maximum atomic E-state index is 12.1. The molecule has 0 radical (unpaired) electrons. The van der Waals surface area contributed by atoms with Gasteiger partial charge in [-0.25, -0.2) is 14.5 Å². The van der Waals surface area contributed by atoms with E-state index in [1.165, 1.54) is 6.26 Å². The standard InChI is InChI=1S/C15H18N4O6/c1-2-3-6-18-12(21)13(22)19(15(18)24)9-11(20)17-14(23)16-8-10-5-4-7-25-10/h4-5,7H,2-3,6,8-9H2,1H3,(H2,16,17,20,23). The van der Waals surface area contributed by atoms with Gasteiger partial charge in [0.05, 0.1) is 12.8 Å². The number of furan rings is 1. The molecule has 0 aliphatic carbocycles. The Bertz CT molecular complexity index is 684. The van der Waals surface area contributed by atoms with Gasteiger partial charge in [-0.05, 0) is 18.6 Å². The number of amides is 7. The number of urea groups is 2. The second kappa shape index (κ2) is 8.08. The number of carbonyl (C=O) groups is 5. The van der Waals surface area contributed by atoms with Crippen molar-refractivity contribution >= 4 is 29.8 Å². The first-order valence-corrected chi connectivity index (χ1v) is 7.71. The van der Waals surface area contributed by atoms with Gasteiger partial charge in [0.2, 0.25) is 5.91 Å². The Morgan fingerprint density at radius 2 is 1.88 bits per heavy atom. The van der Waals surface area contributed by atoms with Crippen LogP contribution in [-0.4, -0.2) is 52.7 Å². The van der Waals surface area contributed by atoms with E-state index in [1.54, 1.807) is 12.1 Å². The molecule has 25 heavy (non-hydrogen) atoms. The molecule has 1 saturated heterocycles. The van der Waals surface area contributed by atoms with E-state index in [2.05, 4.69) is 5.32 Å².